The van der Waals surface area contributed by atoms with Crippen molar-refractivity contribution in [2.45, 2.75) is 30.4 Å². The average Bonchev–Trinajstić information content (AvgIpc) is 2.61. The van der Waals surface area contributed by atoms with Gasteiger partial charge in [0.1, 0.15) is 4.90 Å². The van der Waals surface area contributed by atoms with Crippen molar-refractivity contribution in [1.82, 2.24) is 14.9 Å². The summed E-state index contributed by atoms with van der Waals surface area (Å²) in [7, 11) is -7.10. The second-order valence-corrected chi connectivity index (χ2v) is 9.10. The zero-order valence-electron chi connectivity index (χ0n) is 10.7. The molecule has 1 heterocycles. The van der Waals surface area contributed by atoms with Crippen LogP contribution in [0, 0.1) is 6.92 Å². The Labute approximate surface area is 107 Å². The van der Waals surface area contributed by atoms with Crippen LogP contribution < -0.4 is 4.72 Å². The highest BCUT2D eigenvalue weighted by molar-refractivity contribution is 7.92. The van der Waals surface area contributed by atoms with E-state index in [0.717, 1.165) is 6.26 Å². The molecule has 0 spiro atoms. The highest BCUT2D eigenvalue weighted by atomic mass is 32.2. The first-order valence-electron chi connectivity index (χ1n) is 5.16. The Hall–Kier alpha value is -0.930. The SMILES string of the molecule is Cc1[nH]ncc1S(=O)(=O)NCC(C)(C)S(C)(=O)=O. The van der Waals surface area contributed by atoms with Crippen LogP contribution in [0.4, 0.5) is 0 Å². The smallest absolute Gasteiger partial charge is 0.244 e. The first-order chi connectivity index (χ1) is 7.97. The van der Waals surface area contributed by atoms with Gasteiger partial charge in [-0.05, 0) is 20.8 Å². The van der Waals surface area contributed by atoms with Crippen LogP contribution in [0.1, 0.15) is 19.5 Å². The van der Waals surface area contributed by atoms with Crippen LogP contribution >= 0.6 is 0 Å². The molecule has 7 nitrogen and oxygen atoms in total. The predicted octanol–water partition coefficient (Wildman–Crippen LogP) is -0.180. The van der Waals surface area contributed by atoms with Crippen molar-refractivity contribution in [2.75, 3.05) is 12.8 Å². The zero-order valence-corrected chi connectivity index (χ0v) is 12.3. The van der Waals surface area contributed by atoms with E-state index >= 15 is 0 Å². The highest BCUT2D eigenvalue weighted by Gasteiger charge is 2.32. The lowest BCUT2D eigenvalue weighted by molar-refractivity contribution is 0.537. The minimum Gasteiger partial charge on any atom is -0.281 e. The molecule has 9 heteroatoms. The lowest BCUT2D eigenvalue weighted by Gasteiger charge is -2.22. The Morgan fingerprint density at radius 1 is 1.33 bits per heavy atom. The molecule has 0 aromatic carbocycles. The molecule has 0 amide bonds. The third-order valence-corrected chi connectivity index (χ3v) is 6.43. The Morgan fingerprint density at radius 2 is 1.89 bits per heavy atom. The maximum atomic E-state index is 11.9. The molecule has 0 bridgehead atoms. The minimum atomic E-state index is -3.75. The molecular weight excluding hydrogens is 278 g/mol. The topological polar surface area (TPSA) is 109 Å². The first kappa shape index (κ1) is 15.1. The highest BCUT2D eigenvalue weighted by Crippen LogP contribution is 2.16. The van der Waals surface area contributed by atoms with Gasteiger partial charge in [0.25, 0.3) is 0 Å². The van der Waals surface area contributed by atoms with Crippen LogP contribution in [0.25, 0.3) is 0 Å². The number of rotatable bonds is 5. The summed E-state index contributed by atoms with van der Waals surface area (Å²) in [5, 5.41) is 6.13. The number of sulfone groups is 1. The molecule has 0 fully saturated rings. The van der Waals surface area contributed by atoms with E-state index in [1.54, 1.807) is 6.92 Å². The van der Waals surface area contributed by atoms with Crippen molar-refractivity contribution in [3.8, 4) is 0 Å². The fraction of sp³-hybridized carbons (Fsp3) is 0.667. The molecule has 0 saturated carbocycles. The lowest BCUT2D eigenvalue weighted by atomic mass is 10.2. The molecule has 0 aliphatic rings. The molecule has 1 aromatic heterocycles. The molecule has 0 radical (unpaired) electrons. The molecule has 0 aliphatic heterocycles. The zero-order chi connectivity index (χ0) is 14.2. The number of aromatic amines is 1. The van der Waals surface area contributed by atoms with E-state index in [-0.39, 0.29) is 11.4 Å². The van der Waals surface area contributed by atoms with Crippen LogP contribution in [-0.4, -0.2) is 44.6 Å². The van der Waals surface area contributed by atoms with Gasteiger partial charge in [0.2, 0.25) is 10.0 Å². The molecule has 0 unspecified atom stereocenters. The number of aryl methyl sites for hydroxylation is 1. The summed E-state index contributed by atoms with van der Waals surface area (Å²) in [4.78, 5) is 0.0202. The van der Waals surface area contributed by atoms with E-state index in [9.17, 15) is 16.8 Å². The third kappa shape index (κ3) is 3.09. The van der Waals surface area contributed by atoms with Gasteiger partial charge in [-0.3, -0.25) is 5.10 Å². The van der Waals surface area contributed by atoms with Crippen molar-refractivity contribution in [3.05, 3.63) is 11.9 Å². The summed E-state index contributed by atoms with van der Waals surface area (Å²) < 4.78 is 47.9. The van der Waals surface area contributed by atoms with Gasteiger partial charge in [-0.25, -0.2) is 21.6 Å². The van der Waals surface area contributed by atoms with Crippen molar-refractivity contribution < 1.29 is 16.8 Å². The van der Waals surface area contributed by atoms with Crippen LogP contribution in [0.3, 0.4) is 0 Å². The van der Waals surface area contributed by atoms with Gasteiger partial charge in [0, 0.05) is 12.8 Å². The number of aromatic nitrogens is 2. The molecule has 1 rings (SSSR count). The van der Waals surface area contributed by atoms with Gasteiger partial charge < -0.3 is 0 Å². The number of H-pyrrole nitrogens is 1. The minimum absolute atomic E-state index is 0.0202. The average molecular weight is 295 g/mol. The number of nitrogens with one attached hydrogen (secondary N) is 2. The molecular formula is C9H17N3O4S2. The largest absolute Gasteiger partial charge is 0.281 e. The monoisotopic (exact) mass is 295 g/mol. The molecule has 0 atom stereocenters. The summed E-state index contributed by atoms with van der Waals surface area (Å²) in [6, 6.07) is 0. The Kier molecular flexibility index (Phi) is 3.89. The van der Waals surface area contributed by atoms with Crippen LogP contribution in [0.5, 0.6) is 0 Å². The predicted molar refractivity (Wildman–Crippen MR) is 67.4 cm³/mol. The molecule has 0 saturated heterocycles. The standard InChI is InChI=1S/C9H17N3O4S2/c1-7-8(5-10-12-7)18(15,16)11-6-9(2,3)17(4,13)14/h5,11H,6H2,1-4H3,(H,10,12). The quantitative estimate of drug-likeness (QED) is 0.783. The number of sulfonamides is 1. The first-order valence-corrected chi connectivity index (χ1v) is 8.54. The molecule has 2 N–H and O–H groups in total. The normalized spacial score (nSPS) is 13.8. The Balaban J connectivity index is 2.92. The summed E-state index contributed by atoms with van der Waals surface area (Å²) in [5.41, 5.74) is 0.402. The lowest BCUT2D eigenvalue weighted by Crippen LogP contribution is -2.43. The maximum absolute atomic E-state index is 11.9. The van der Waals surface area contributed by atoms with Crippen molar-refractivity contribution in [2.24, 2.45) is 0 Å². The van der Waals surface area contributed by atoms with Crippen molar-refractivity contribution >= 4 is 19.9 Å². The van der Waals surface area contributed by atoms with Crippen LogP contribution in [-0.2, 0) is 19.9 Å². The third-order valence-electron chi connectivity index (χ3n) is 2.76. The maximum Gasteiger partial charge on any atom is 0.244 e. The second kappa shape index (κ2) is 4.63. The van der Waals surface area contributed by atoms with Gasteiger partial charge in [0.05, 0.1) is 16.6 Å². The van der Waals surface area contributed by atoms with Gasteiger partial charge >= 0.3 is 0 Å². The molecule has 18 heavy (non-hydrogen) atoms. The molecule has 1 aromatic rings. The molecule has 104 valence electrons. The van der Waals surface area contributed by atoms with E-state index in [1.165, 1.54) is 20.0 Å². The Bertz CT molecular complexity index is 629. The second-order valence-electron chi connectivity index (χ2n) is 4.72. The van der Waals surface area contributed by atoms with Crippen LogP contribution in [0.15, 0.2) is 11.1 Å². The van der Waals surface area contributed by atoms with E-state index < -0.39 is 24.6 Å². The van der Waals surface area contributed by atoms with Gasteiger partial charge in [-0.2, -0.15) is 5.10 Å². The number of hydrogen-bond acceptors (Lipinski definition) is 5. The van der Waals surface area contributed by atoms with Gasteiger partial charge in [-0.15, -0.1) is 0 Å². The fourth-order valence-corrected chi connectivity index (χ4v) is 2.86. The summed E-state index contributed by atoms with van der Waals surface area (Å²) >= 11 is 0. The fourth-order valence-electron chi connectivity index (χ4n) is 1.09. The summed E-state index contributed by atoms with van der Waals surface area (Å²) in [6.07, 6.45) is 2.26. The van der Waals surface area contributed by atoms with E-state index in [4.69, 9.17) is 0 Å². The number of nitrogens with zero attached hydrogens (tertiary/aromatic N) is 1. The van der Waals surface area contributed by atoms with Crippen molar-refractivity contribution in [1.29, 1.82) is 0 Å². The van der Waals surface area contributed by atoms with E-state index in [2.05, 4.69) is 14.9 Å². The van der Waals surface area contributed by atoms with E-state index in [0.29, 0.717) is 5.69 Å². The van der Waals surface area contributed by atoms with E-state index in [1.807, 2.05) is 0 Å². The molecule has 0 aliphatic carbocycles. The summed E-state index contributed by atoms with van der Waals surface area (Å²) in [6.45, 7) is 4.31. The van der Waals surface area contributed by atoms with Gasteiger partial charge in [-0.1, -0.05) is 0 Å². The van der Waals surface area contributed by atoms with Crippen molar-refractivity contribution in [3.63, 3.8) is 0 Å². The Morgan fingerprint density at radius 3 is 2.28 bits per heavy atom. The summed E-state index contributed by atoms with van der Waals surface area (Å²) in [5.74, 6) is 0. The number of hydrogen-bond donors (Lipinski definition) is 2. The van der Waals surface area contributed by atoms with Gasteiger partial charge in [0.15, 0.2) is 9.84 Å². The van der Waals surface area contributed by atoms with Crippen LogP contribution in [0.2, 0.25) is 0 Å².